The summed E-state index contributed by atoms with van der Waals surface area (Å²) in [6, 6.07) is 19.9. The zero-order chi connectivity index (χ0) is 22.1. The van der Waals surface area contributed by atoms with Crippen LogP contribution in [0.25, 0.3) is 25.8 Å². The first-order valence-electron chi connectivity index (χ1n) is 10.4. The topological polar surface area (TPSA) is 44.0 Å². The second-order valence-electron chi connectivity index (χ2n) is 8.60. The van der Waals surface area contributed by atoms with Crippen LogP contribution < -0.4 is 9.75 Å². The van der Waals surface area contributed by atoms with Crippen LogP contribution in [0.1, 0.15) is 25.0 Å². The number of nitrogens with zero attached hydrogens (tertiary/aromatic N) is 1. The summed E-state index contributed by atoms with van der Waals surface area (Å²) in [4.78, 5) is 3.90. The van der Waals surface area contributed by atoms with E-state index in [0.717, 1.165) is 11.1 Å². The fourth-order valence-corrected chi connectivity index (χ4v) is 9.08. The number of phenols is 1. The van der Waals surface area contributed by atoms with Crippen molar-refractivity contribution in [1.29, 1.82) is 5.26 Å². The molecule has 0 bridgehead atoms. The molecule has 0 amide bonds. The largest absolute Gasteiger partial charge is 0.508 e. The number of allylic oxidation sites excluding steroid dienone is 2. The molecule has 2 atom stereocenters. The molecule has 0 saturated carbocycles. The average Bonchev–Trinajstić information content (AvgIpc) is 3.50. The van der Waals surface area contributed by atoms with E-state index in [9.17, 15) is 5.11 Å². The monoisotopic (exact) mass is 469 g/mol. The standard InChI is InChI=1S/C27H19NOS3/c1-26-11-12-30-25(26)24-20(13-22(31-24)17-7-9-19(29)10-8-17)21-14-23(32-27(21,26)2)18-5-3-16(15-28)4-6-18/h3-14,29H,1-2H3. The van der Waals surface area contributed by atoms with E-state index < -0.39 is 0 Å². The van der Waals surface area contributed by atoms with Crippen molar-refractivity contribution in [2.75, 3.05) is 0 Å². The third kappa shape index (κ3) is 2.67. The second-order valence-corrected chi connectivity index (χ2v) is 12.0. The zero-order valence-corrected chi connectivity index (χ0v) is 20.0. The number of aromatic hydroxyl groups is 1. The van der Waals surface area contributed by atoms with E-state index in [1.165, 1.54) is 30.0 Å². The third-order valence-electron chi connectivity index (χ3n) is 6.83. The highest BCUT2D eigenvalue weighted by Gasteiger charge is 2.55. The number of thioether (sulfide) groups is 2. The molecule has 3 aliphatic rings. The zero-order valence-electron chi connectivity index (χ0n) is 17.5. The van der Waals surface area contributed by atoms with E-state index in [-0.39, 0.29) is 15.9 Å². The molecule has 1 N–H and O–H groups in total. The molecule has 1 aliphatic carbocycles. The molecule has 1 aromatic heterocycles. The van der Waals surface area contributed by atoms with Crippen LogP contribution in [0, 0.1) is 16.7 Å². The predicted octanol–water partition coefficient (Wildman–Crippen LogP) is 6.08. The van der Waals surface area contributed by atoms with Gasteiger partial charge in [0.25, 0.3) is 0 Å². The maximum atomic E-state index is 9.71. The van der Waals surface area contributed by atoms with Crippen LogP contribution in [0.15, 0.2) is 72.2 Å². The smallest absolute Gasteiger partial charge is 0.115 e. The van der Waals surface area contributed by atoms with Gasteiger partial charge in [-0.25, -0.2) is 0 Å². The van der Waals surface area contributed by atoms with Crippen molar-refractivity contribution in [2.45, 2.75) is 18.6 Å². The molecule has 32 heavy (non-hydrogen) atoms. The summed E-state index contributed by atoms with van der Waals surface area (Å²) >= 11 is 5.63. The van der Waals surface area contributed by atoms with Crippen molar-refractivity contribution in [3.05, 3.63) is 93.0 Å². The number of hydrogen-bond donors (Lipinski definition) is 1. The molecule has 2 unspecified atom stereocenters. The van der Waals surface area contributed by atoms with Gasteiger partial charge in [0.1, 0.15) is 5.75 Å². The molecule has 6 rings (SSSR count). The Kier molecular flexibility index (Phi) is 4.32. The molecule has 3 aromatic rings. The normalized spacial score (nSPS) is 25.2. The molecular formula is C27H19NOS3. The van der Waals surface area contributed by atoms with Crippen molar-refractivity contribution in [3.8, 4) is 22.3 Å². The van der Waals surface area contributed by atoms with Gasteiger partial charge in [0.05, 0.1) is 16.4 Å². The number of thiophene rings is 1. The molecular weight excluding hydrogens is 451 g/mol. The molecule has 0 fully saturated rings. The van der Waals surface area contributed by atoms with Crippen molar-refractivity contribution >= 4 is 50.2 Å². The lowest BCUT2D eigenvalue weighted by Crippen LogP contribution is -2.48. The molecule has 156 valence electrons. The van der Waals surface area contributed by atoms with Crippen LogP contribution >= 0.6 is 34.9 Å². The van der Waals surface area contributed by atoms with Crippen LogP contribution in [0.2, 0.25) is 0 Å². The Labute approximate surface area is 199 Å². The maximum absolute atomic E-state index is 9.71. The van der Waals surface area contributed by atoms with Gasteiger partial charge in [-0.05, 0) is 89.7 Å². The van der Waals surface area contributed by atoms with Crippen LogP contribution in [-0.4, -0.2) is 9.85 Å². The van der Waals surface area contributed by atoms with Crippen molar-refractivity contribution in [2.24, 2.45) is 5.41 Å². The van der Waals surface area contributed by atoms with E-state index in [1.807, 2.05) is 59.1 Å². The number of hydrogen-bond acceptors (Lipinski definition) is 5. The first-order valence-corrected chi connectivity index (χ1v) is 12.9. The fourth-order valence-electron chi connectivity index (χ4n) is 4.77. The lowest BCUT2D eigenvalue weighted by Gasteiger charge is -2.43. The summed E-state index contributed by atoms with van der Waals surface area (Å²) in [5, 5.41) is 22.4. The number of phenolic OH excluding ortho intramolecular Hbond substituents is 1. The summed E-state index contributed by atoms with van der Waals surface area (Å²) in [6.07, 6.45) is 4.73. The fraction of sp³-hybridized carbons (Fsp3) is 0.148. The summed E-state index contributed by atoms with van der Waals surface area (Å²) in [5.74, 6) is 0.289. The summed E-state index contributed by atoms with van der Waals surface area (Å²) < 4.78 is 1.25. The highest BCUT2D eigenvalue weighted by Crippen LogP contribution is 2.66. The Morgan fingerprint density at radius 3 is 2.41 bits per heavy atom. The van der Waals surface area contributed by atoms with E-state index in [4.69, 9.17) is 5.26 Å². The Morgan fingerprint density at radius 1 is 0.969 bits per heavy atom. The van der Waals surface area contributed by atoms with Gasteiger partial charge in [-0.15, -0.1) is 34.9 Å². The Hall–Kier alpha value is -2.65. The minimum atomic E-state index is -0.105. The number of benzene rings is 2. The lowest BCUT2D eigenvalue weighted by molar-refractivity contribution is 0.475. The minimum absolute atomic E-state index is 0.0768. The van der Waals surface area contributed by atoms with Crippen molar-refractivity contribution < 1.29 is 5.11 Å². The van der Waals surface area contributed by atoms with E-state index in [0.29, 0.717) is 5.56 Å². The lowest BCUT2D eigenvalue weighted by atomic mass is 9.70. The Balaban J connectivity index is 1.61. The van der Waals surface area contributed by atoms with Crippen molar-refractivity contribution in [3.63, 3.8) is 0 Å². The van der Waals surface area contributed by atoms with Gasteiger partial charge in [-0.2, -0.15) is 5.26 Å². The van der Waals surface area contributed by atoms with Crippen LogP contribution in [0.5, 0.6) is 5.75 Å². The van der Waals surface area contributed by atoms with Gasteiger partial charge in [0.2, 0.25) is 0 Å². The Morgan fingerprint density at radius 2 is 1.69 bits per heavy atom. The van der Waals surface area contributed by atoms with Crippen LogP contribution in [0.3, 0.4) is 0 Å². The van der Waals surface area contributed by atoms with E-state index in [2.05, 4.69) is 55.7 Å². The summed E-state index contributed by atoms with van der Waals surface area (Å²) in [6.45, 7) is 4.74. The van der Waals surface area contributed by atoms with E-state index >= 15 is 0 Å². The van der Waals surface area contributed by atoms with Crippen molar-refractivity contribution in [1.82, 2.24) is 0 Å². The molecule has 2 aliphatic heterocycles. The quantitative estimate of drug-likeness (QED) is 0.494. The molecule has 0 spiro atoms. The SMILES string of the molecule is CC12C=CSC1=c1sc(-c3ccc(O)cc3)cc1=C1C=C(c3ccc(C#N)cc3)SC12C. The molecule has 3 heterocycles. The first kappa shape index (κ1) is 20.0. The minimum Gasteiger partial charge on any atom is -0.508 e. The van der Waals surface area contributed by atoms with Gasteiger partial charge < -0.3 is 5.11 Å². The molecule has 0 radical (unpaired) electrons. The van der Waals surface area contributed by atoms with Crippen LogP contribution in [0.4, 0.5) is 0 Å². The first-order chi connectivity index (χ1) is 15.4. The summed E-state index contributed by atoms with van der Waals surface area (Å²) in [7, 11) is 0. The van der Waals surface area contributed by atoms with Crippen LogP contribution in [-0.2, 0) is 0 Å². The average molecular weight is 470 g/mol. The van der Waals surface area contributed by atoms with E-state index in [1.54, 1.807) is 12.1 Å². The molecule has 2 aromatic carbocycles. The van der Waals surface area contributed by atoms with Gasteiger partial charge in [-0.3, -0.25) is 0 Å². The molecule has 2 nitrogen and oxygen atoms in total. The highest BCUT2D eigenvalue weighted by molar-refractivity contribution is 8.12. The van der Waals surface area contributed by atoms with Gasteiger partial charge in [-0.1, -0.05) is 18.2 Å². The number of fused-ring (bicyclic) bond motifs is 4. The number of nitriles is 1. The number of rotatable bonds is 2. The second kappa shape index (κ2) is 6.92. The highest BCUT2D eigenvalue weighted by atomic mass is 32.2. The molecule has 0 saturated heterocycles. The van der Waals surface area contributed by atoms with Gasteiger partial charge in [0.15, 0.2) is 0 Å². The Bertz CT molecular complexity index is 1500. The molecule has 5 heteroatoms. The maximum Gasteiger partial charge on any atom is 0.115 e. The van der Waals surface area contributed by atoms with Gasteiger partial charge >= 0.3 is 0 Å². The summed E-state index contributed by atoms with van der Waals surface area (Å²) in [5.41, 5.74) is 4.27. The third-order valence-corrected chi connectivity index (χ3v) is 10.9. The predicted molar refractivity (Wildman–Crippen MR) is 137 cm³/mol. The van der Waals surface area contributed by atoms with Gasteiger partial charge in [0, 0.05) is 24.6 Å².